The standard InChI is InChI=1S/C25H20N4O6/c1-14-7-8-20(34-13-16-11-23(31)29-21(26-16)10-15(2)35-29)19(9-14)27-22(30)12-28-24(32)17-5-3-4-6-18(17)25(28)33/h3-11H,12-13H2,1-2H3,(H,27,30). The van der Waals surface area contributed by atoms with Crippen molar-refractivity contribution in [2.45, 2.75) is 20.5 Å². The number of imide groups is 1. The minimum absolute atomic E-state index is 0.0275. The number of hydrogen-bond acceptors (Lipinski definition) is 7. The second kappa shape index (κ2) is 8.56. The number of benzene rings is 2. The molecule has 35 heavy (non-hydrogen) atoms. The van der Waals surface area contributed by atoms with Gasteiger partial charge < -0.3 is 14.6 Å². The van der Waals surface area contributed by atoms with Crippen molar-refractivity contribution in [3.63, 3.8) is 0 Å². The summed E-state index contributed by atoms with van der Waals surface area (Å²) in [5, 5.41) is 2.72. The summed E-state index contributed by atoms with van der Waals surface area (Å²) >= 11 is 0. The van der Waals surface area contributed by atoms with Gasteiger partial charge in [-0.2, -0.15) is 0 Å². The van der Waals surface area contributed by atoms with Crippen molar-refractivity contribution in [3.8, 4) is 5.75 Å². The van der Waals surface area contributed by atoms with Gasteiger partial charge in [-0.25, -0.2) is 4.98 Å². The Morgan fingerprint density at radius 2 is 1.71 bits per heavy atom. The maximum Gasteiger partial charge on any atom is 0.287 e. The van der Waals surface area contributed by atoms with Gasteiger partial charge in [-0.15, -0.1) is 4.57 Å². The van der Waals surface area contributed by atoms with Crippen LogP contribution in [-0.2, 0) is 11.4 Å². The van der Waals surface area contributed by atoms with Crippen LogP contribution in [0, 0.1) is 13.8 Å². The topological polar surface area (TPSA) is 123 Å². The molecule has 10 heteroatoms. The predicted molar refractivity (Wildman–Crippen MR) is 124 cm³/mol. The highest BCUT2D eigenvalue weighted by molar-refractivity contribution is 6.22. The van der Waals surface area contributed by atoms with Gasteiger partial charge in [-0.1, -0.05) is 18.2 Å². The summed E-state index contributed by atoms with van der Waals surface area (Å²) in [4.78, 5) is 55.4. The van der Waals surface area contributed by atoms with Crippen LogP contribution in [-0.4, -0.2) is 38.7 Å². The van der Waals surface area contributed by atoms with E-state index in [1.54, 1.807) is 55.5 Å². The smallest absolute Gasteiger partial charge is 0.287 e. The van der Waals surface area contributed by atoms with Crippen molar-refractivity contribution >= 4 is 29.1 Å². The molecule has 10 nitrogen and oxygen atoms in total. The summed E-state index contributed by atoms with van der Waals surface area (Å²) < 4.78 is 12.2. The molecule has 5 rings (SSSR count). The molecule has 0 aliphatic carbocycles. The lowest BCUT2D eigenvalue weighted by Crippen LogP contribution is -2.37. The van der Waals surface area contributed by atoms with Crippen molar-refractivity contribution < 1.29 is 23.6 Å². The molecule has 0 saturated carbocycles. The molecule has 1 aliphatic rings. The number of rotatable bonds is 6. The van der Waals surface area contributed by atoms with Crippen molar-refractivity contribution in [2.24, 2.45) is 0 Å². The molecule has 176 valence electrons. The summed E-state index contributed by atoms with van der Waals surface area (Å²) in [6.07, 6.45) is 0. The fourth-order valence-electron chi connectivity index (χ4n) is 3.88. The number of ether oxygens (including phenoxy) is 1. The zero-order valence-electron chi connectivity index (χ0n) is 18.9. The maximum absolute atomic E-state index is 12.8. The van der Waals surface area contributed by atoms with Gasteiger partial charge in [0.25, 0.3) is 17.4 Å². The van der Waals surface area contributed by atoms with Gasteiger partial charge >= 0.3 is 0 Å². The Morgan fingerprint density at radius 1 is 1.00 bits per heavy atom. The summed E-state index contributed by atoms with van der Waals surface area (Å²) in [6, 6.07) is 14.6. The lowest BCUT2D eigenvalue weighted by molar-refractivity contribution is -0.116. The Bertz CT molecular complexity index is 1530. The molecular weight excluding hydrogens is 452 g/mol. The molecule has 3 amide bonds. The Kier molecular flexibility index (Phi) is 5.40. The Balaban J connectivity index is 1.31. The number of fused-ring (bicyclic) bond motifs is 2. The molecule has 0 unspecified atom stereocenters. The Morgan fingerprint density at radius 3 is 2.43 bits per heavy atom. The van der Waals surface area contributed by atoms with Crippen LogP contribution < -0.4 is 15.6 Å². The minimum Gasteiger partial charge on any atom is -0.485 e. The van der Waals surface area contributed by atoms with E-state index in [0.717, 1.165) is 15.0 Å². The van der Waals surface area contributed by atoms with Gasteiger partial charge in [0.1, 0.15) is 24.7 Å². The van der Waals surface area contributed by atoms with Crippen LogP contribution in [0.3, 0.4) is 0 Å². The fraction of sp³-hybridized carbons (Fsp3) is 0.160. The number of aryl methyl sites for hydroxylation is 2. The third kappa shape index (κ3) is 4.17. The molecule has 1 N–H and O–H groups in total. The van der Waals surface area contributed by atoms with Crippen molar-refractivity contribution in [3.05, 3.63) is 93.1 Å². The van der Waals surface area contributed by atoms with Gasteiger partial charge in [0, 0.05) is 12.1 Å². The van der Waals surface area contributed by atoms with Gasteiger partial charge in [-0.3, -0.25) is 24.1 Å². The number of hydrogen-bond donors (Lipinski definition) is 1. The van der Waals surface area contributed by atoms with Crippen molar-refractivity contribution in [2.75, 3.05) is 11.9 Å². The van der Waals surface area contributed by atoms with E-state index in [4.69, 9.17) is 9.26 Å². The third-order valence-electron chi connectivity index (χ3n) is 5.49. The van der Waals surface area contributed by atoms with E-state index >= 15 is 0 Å². The van der Waals surface area contributed by atoms with Crippen LogP contribution in [0.2, 0.25) is 0 Å². The fourth-order valence-corrected chi connectivity index (χ4v) is 3.88. The van der Waals surface area contributed by atoms with Crippen molar-refractivity contribution in [1.82, 2.24) is 14.5 Å². The van der Waals surface area contributed by atoms with Crippen LogP contribution in [0.15, 0.2) is 63.9 Å². The van der Waals surface area contributed by atoms with Crippen LogP contribution in [0.4, 0.5) is 5.69 Å². The highest BCUT2D eigenvalue weighted by atomic mass is 16.5. The lowest BCUT2D eigenvalue weighted by atomic mass is 10.1. The molecule has 0 atom stereocenters. The molecule has 0 bridgehead atoms. The average Bonchev–Trinajstić information content (AvgIpc) is 3.31. The summed E-state index contributed by atoms with van der Waals surface area (Å²) in [6.45, 7) is 3.10. The van der Waals surface area contributed by atoms with E-state index in [0.29, 0.717) is 28.5 Å². The second-order valence-electron chi connectivity index (χ2n) is 8.16. The monoisotopic (exact) mass is 472 g/mol. The van der Waals surface area contributed by atoms with E-state index in [1.165, 1.54) is 6.07 Å². The minimum atomic E-state index is -0.554. The first-order chi connectivity index (χ1) is 16.8. The first-order valence-electron chi connectivity index (χ1n) is 10.8. The molecule has 0 saturated heterocycles. The number of carbonyl (C=O) groups is 3. The SMILES string of the molecule is Cc1ccc(OCc2cc(=O)n3oc(C)cc3n2)c(NC(=O)CN2C(=O)c3ccccc3C2=O)c1. The number of carbonyl (C=O) groups excluding carboxylic acids is 3. The molecule has 1 aliphatic heterocycles. The molecular formula is C25H20N4O6. The van der Waals surface area contributed by atoms with Gasteiger partial charge in [0.2, 0.25) is 5.91 Å². The molecule has 4 aromatic rings. The lowest BCUT2D eigenvalue weighted by Gasteiger charge is -2.16. The van der Waals surface area contributed by atoms with Crippen molar-refractivity contribution in [1.29, 1.82) is 0 Å². The van der Waals surface area contributed by atoms with E-state index in [1.807, 2.05) is 6.92 Å². The quantitative estimate of drug-likeness (QED) is 0.428. The summed E-state index contributed by atoms with van der Waals surface area (Å²) in [5.74, 6) is -0.681. The van der Waals surface area contributed by atoms with Crippen LogP contribution in [0.1, 0.15) is 37.7 Å². The number of anilines is 1. The van der Waals surface area contributed by atoms with E-state index in [2.05, 4.69) is 10.3 Å². The zero-order valence-corrected chi connectivity index (χ0v) is 18.9. The highest BCUT2D eigenvalue weighted by Crippen LogP contribution is 2.27. The van der Waals surface area contributed by atoms with Gasteiger partial charge in [-0.05, 0) is 43.7 Å². The average molecular weight is 472 g/mol. The van der Waals surface area contributed by atoms with Crippen LogP contribution in [0.5, 0.6) is 5.75 Å². The Labute approximate surface area is 198 Å². The number of nitrogens with one attached hydrogen (secondary N) is 1. The normalized spacial score (nSPS) is 12.8. The zero-order chi connectivity index (χ0) is 24.7. The predicted octanol–water partition coefficient (Wildman–Crippen LogP) is 2.72. The summed E-state index contributed by atoms with van der Waals surface area (Å²) in [7, 11) is 0. The van der Waals surface area contributed by atoms with Crippen LogP contribution in [0.25, 0.3) is 5.65 Å². The molecule has 0 spiro atoms. The number of aromatic nitrogens is 2. The molecule has 3 heterocycles. The van der Waals surface area contributed by atoms with E-state index in [9.17, 15) is 19.2 Å². The number of amides is 3. The molecule has 0 radical (unpaired) electrons. The van der Waals surface area contributed by atoms with Crippen LogP contribution >= 0.6 is 0 Å². The largest absolute Gasteiger partial charge is 0.485 e. The Hall–Kier alpha value is -4.73. The highest BCUT2D eigenvalue weighted by Gasteiger charge is 2.36. The first-order valence-corrected chi connectivity index (χ1v) is 10.8. The second-order valence-corrected chi connectivity index (χ2v) is 8.16. The van der Waals surface area contributed by atoms with Gasteiger partial charge in [0.05, 0.1) is 22.5 Å². The van der Waals surface area contributed by atoms with Gasteiger partial charge in [0.15, 0.2) is 5.65 Å². The first kappa shape index (κ1) is 22.1. The molecule has 2 aromatic carbocycles. The number of nitrogens with zero attached hydrogens (tertiary/aromatic N) is 3. The summed E-state index contributed by atoms with van der Waals surface area (Å²) in [5.41, 5.74) is 2.16. The van der Waals surface area contributed by atoms with E-state index < -0.39 is 24.3 Å². The van der Waals surface area contributed by atoms with E-state index in [-0.39, 0.29) is 23.3 Å². The molecule has 0 fully saturated rings. The third-order valence-corrected chi connectivity index (χ3v) is 5.49. The maximum atomic E-state index is 12.8. The molecule has 2 aromatic heterocycles.